The van der Waals surface area contributed by atoms with Gasteiger partial charge in [0.25, 0.3) is 0 Å². The van der Waals surface area contributed by atoms with Crippen LogP contribution in [0.1, 0.15) is 23.2 Å². The summed E-state index contributed by atoms with van der Waals surface area (Å²) >= 11 is 4.91. The molecule has 4 nitrogen and oxygen atoms in total. The van der Waals surface area contributed by atoms with Crippen molar-refractivity contribution in [3.05, 3.63) is 33.9 Å². The molecule has 1 heterocycles. The van der Waals surface area contributed by atoms with Crippen molar-refractivity contribution in [2.24, 2.45) is 5.92 Å². The first-order chi connectivity index (χ1) is 10.5. The molecule has 0 spiro atoms. The van der Waals surface area contributed by atoms with Crippen LogP contribution in [0.5, 0.6) is 5.75 Å². The number of hydrogen-bond acceptors (Lipinski definition) is 5. The molecule has 0 N–H and O–H groups in total. The molecular weight excluding hydrogens is 366 g/mol. The van der Waals surface area contributed by atoms with Crippen LogP contribution in [0, 0.1) is 5.92 Å². The zero-order chi connectivity index (χ0) is 15.9. The summed E-state index contributed by atoms with van der Waals surface area (Å²) in [5.74, 6) is 0.940. The highest BCUT2D eigenvalue weighted by molar-refractivity contribution is 9.10. The molecule has 1 aliphatic carbocycles. The minimum absolute atomic E-state index is 0.0162. The van der Waals surface area contributed by atoms with Gasteiger partial charge in [0.2, 0.25) is 0 Å². The van der Waals surface area contributed by atoms with Crippen LogP contribution in [-0.4, -0.2) is 36.5 Å². The van der Waals surface area contributed by atoms with Crippen LogP contribution >= 0.6 is 27.7 Å². The number of nitrogens with zero attached hydrogens (tertiary/aromatic N) is 1. The van der Waals surface area contributed by atoms with Crippen molar-refractivity contribution in [1.82, 2.24) is 4.90 Å². The molecule has 1 aromatic carbocycles. The summed E-state index contributed by atoms with van der Waals surface area (Å²) in [4.78, 5) is 27.9. The Morgan fingerprint density at radius 2 is 2.09 bits per heavy atom. The van der Waals surface area contributed by atoms with E-state index in [0.29, 0.717) is 17.3 Å². The Hall–Kier alpha value is -1.27. The van der Waals surface area contributed by atoms with Gasteiger partial charge in [-0.1, -0.05) is 11.8 Å². The number of ether oxygens (including phenoxy) is 1. The van der Waals surface area contributed by atoms with Gasteiger partial charge < -0.3 is 9.64 Å². The largest absolute Gasteiger partial charge is 0.480 e. The number of carbonyl (C=O) groups is 2. The topological polar surface area (TPSA) is 46.6 Å². The first-order valence-electron chi connectivity index (χ1n) is 7.04. The van der Waals surface area contributed by atoms with E-state index in [2.05, 4.69) is 15.9 Å². The molecule has 0 radical (unpaired) electrons. The molecule has 1 saturated carbocycles. The molecule has 1 aliphatic heterocycles. The van der Waals surface area contributed by atoms with E-state index in [0.717, 1.165) is 22.2 Å². The molecule has 2 aliphatic rings. The van der Waals surface area contributed by atoms with Crippen molar-refractivity contribution in [3.8, 4) is 5.75 Å². The molecule has 0 amide bonds. The molecule has 22 heavy (non-hydrogen) atoms. The van der Waals surface area contributed by atoms with Gasteiger partial charge in [-0.25, -0.2) is 0 Å². The van der Waals surface area contributed by atoms with E-state index in [1.54, 1.807) is 23.2 Å². The minimum atomic E-state index is -0.215. The number of fused-ring (bicyclic) bond motifs is 1. The van der Waals surface area contributed by atoms with E-state index in [4.69, 9.17) is 4.74 Å². The number of thioether (sulfide) groups is 1. The standard InChI is InChI=1S/C16H16BrNO3S/c1-18(2)7-11(13(19)9-3-4-9)14(20)10-5-6-12(17)15-16(10)22-8-21-15/h5-7,9H,3-4,8H2,1-2H3/b11-7+. The first-order valence-corrected chi connectivity index (χ1v) is 8.82. The predicted molar refractivity (Wildman–Crippen MR) is 89.3 cm³/mol. The van der Waals surface area contributed by atoms with Gasteiger partial charge in [-0.05, 0) is 40.9 Å². The van der Waals surface area contributed by atoms with E-state index in [1.165, 1.54) is 11.8 Å². The summed E-state index contributed by atoms with van der Waals surface area (Å²) in [7, 11) is 3.63. The summed E-state index contributed by atoms with van der Waals surface area (Å²) in [6.07, 6.45) is 3.40. The van der Waals surface area contributed by atoms with Crippen LogP contribution in [0.4, 0.5) is 0 Å². The first kappa shape index (κ1) is 15.6. The number of allylic oxidation sites excluding steroid dienone is 1. The highest BCUT2D eigenvalue weighted by Crippen LogP contribution is 2.44. The van der Waals surface area contributed by atoms with Gasteiger partial charge in [-0.2, -0.15) is 0 Å². The third-order valence-corrected chi connectivity index (χ3v) is 5.11. The average molecular weight is 382 g/mol. The minimum Gasteiger partial charge on any atom is -0.480 e. The average Bonchev–Trinajstić information content (AvgIpc) is 3.21. The number of Topliss-reactive ketones (excluding diaryl/α,β-unsaturated/α-hetero) is 2. The molecule has 1 aromatic rings. The molecule has 6 heteroatoms. The van der Waals surface area contributed by atoms with E-state index in [9.17, 15) is 9.59 Å². The molecular formula is C16H16BrNO3S. The van der Waals surface area contributed by atoms with Crippen molar-refractivity contribution in [2.45, 2.75) is 17.7 Å². The Morgan fingerprint density at radius 1 is 1.36 bits per heavy atom. The maximum absolute atomic E-state index is 12.9. The second-order valence-electron chi connectivity index (χ2n) is 5.63. The molecule has 0 saturated heterocycles. The van der Waals surface area contributed by atoms with E-state index < -0.39 is 0 Å². The quantitative estimate of drug-likeness (QED) is 0.338. The lowest BCUT2D eigenvalue weighted by molar-refractivity contribution is -0.116. The number of halogens is 1. The molecule has 0 aromatic heterocycles. The van der Waals surface area contributed by atoms with Gasteiger partial charge >= 0.3 is 0 Å². The number of hydrogen-bond donors (Lipinski definition) is 0. The molecule has 116 valence electrons. The molecule has 1 fully saturated rings. The van der Waals surface area contributed by atoms with Crippen molar-refractivity contribution in [1.29, 1.82) is 0 Å². The van der Waals surface area contributed by atoms with Crippen molar-refractivity contribution in [2.75, 3.05) is 20.0 Å². The number of carbonyl (C=O) groups excluding carboxylic acids is 2. The maximum Gasteiger partial charge on any atom is 0.199 e. The van der Waals surface area contributed by atoms with Gasteiger partial charge in [0.1, 0.15) is 11.7 Å². The summed E-state index contributed by atoms with van der Waals surface area (Å²) in [6, 6.07) is 3.56. The maximum atomic E-state index is 12.9. The van der Waals surface area contributed by atoms with Crippen LogP contribution < -0.4 is 4.74 Å². The third-order valence-electron chi connectivity index (χ3n) is 3.56. The van der Waals surface area contributed by atoms with Gasteiger partial charge in [0.15, 0.2) is 11.6 Å². The molecule has 0 unspecified atom stereocenters. The Morgan fingerprint density at radius 3 is 2.73 bits per heavy atom. The van der Waals surface area contributed by atoms with Crippen molar-refractivity contribution in [3.63, 3.8) is 0 Å². The van der Waals surface area contributed by atoms with Crippen molar-refractivity contribution >= 4 is 39.3 Å². The zero-order valence-corrected chi connectivity index (χ0v) is 14.8. The third kappa shape index (κ3) is 2.94. The lowest BCUT2D eigenvalue weighted by Gasteiger charge is -2.12. The fourth-order valence-electron chi connectivity index (χ4n) is 2.35. The monoisotopic (exact) mass is 381 g/mol. The molecule has 0 bridgehead atoms. The number of ketones is 2. The number of rotatable bonds is 5. The Bertz CT molecular complexity index is 680. The summed E-state index contributed by atoms with van der Waals surface area (Å²) < 4.78 is 6.38. The van der Waals surface area contributed by atoms with E-state index in [-0.39, 0.29) is 23.1 Å². The smallest absolute Gasteiger partial charge is 0.199 e. The van der Waals surface area contributed by atoms with Crippen LogP contribution in [0.25, 0.3) is 0 Å². The van der Waals surface area contributed by atoms with Crippen LogP contribution in [0.2, 0.25) is 0 Å². The summed E-state index contributed by atoms with van der Waals surface area (Å²) in [6.45, 7) is 0. The second-order valence-corrected chi connectivity index (χ2v) is 7.42. The van der Waals surface area contributed by atoms with Gasteiger partial charge in [-0.15, -0.1) is 0 Å². The highest BCUT2D eigenvalue weighted by atomic mass is 79.9. The Balaban J connectivity index is 2.01. The normalized spacial score (nSPS) is 17.0. The fraction of sp³-hybridized carbons (Fsp3) is 0.375. The second kappa shape index (κ2) is 6.08. The van der Waals surface area contributed by atoms with Gasteiger partial charge in [0, 0.05) is 31.8 Å². The van der Waals surface area contributed by atoms with Crippen LogP contribution in [-0.2, 0) is 4.79 Å². The predicted octanol–water partition coefficient (Wildman–Crippen LogP) is 3.50. The fourth-order valence-corrected chi connectivity index (χ4v) is 3.83. The highest BCUT2D eigenvalue weighted by Gasteiger charge is 2.36. The van der Waals surface area contributed by atoms with E-state index in [1.807, 2.05) is 14.1 Å². The van der Waals surface area contributed by atoms with Gasteiger partial charge in [0.05, 0.1) is 14.9 Å². The summed E-state index contributed by atoms with van der Waals surface area (Å²) in [5.41, 5.74) is 0.812. The SMILES string of the molecule is CN(C)/C=C(/C(=O)c1ccc(Br)c2c1SCO2)C(=O)C1CC1. The zero-order valence-electron chi connectivity index (χ0n) is 12.4. The lowest BCUT2D eigenvalue weighted by atomic mass is 9.98. The Kier molecular flexibility index (Phi) is 4.32. The lowest BCUT2D eigenvalue weighted by Crippen LogP contribution is -2.19. The Labute approximate surface area is 142 Å². The van der Waals surface area contributed by atoms with Gasteiger partial charge in [-0.3, -0.25) is 9.59 Å². The van der Waals surface area contributed by atoms with Crippen molar-refractivity contribution < 1.29 is 14.3 Å². The molecule has 0 atom stereocenters. The number of benzene rings is 1. The molecule has 3 rings (SSSR count). The summed E-state index contributed by atoms with van der Waals surface area (Å²) in [5, 5.41) is 0. The van der Waals surface area contributed by atoms with Crippen LogP contribution in [0.15, 0.2) is 33.3 Å². The van der Waals surface area contributed by atoms with Crippen LogP contribution in [0.3, 0.4) is 0 Å². The van der Waals surface area contributed by atoms with E-state index >= 15 is 0 Å².